The number of benzene rings is 1. The molecule has 0 aliphatic rings. The van der Waals surface area contributed by atoms with E-state index in [1.165, 1.54) is 6.07 Å². The summed E-state index contributed by atoms with van der Waals surface area (Å²) in [6, 6.07) is 3.18. The van der Waals surface area contributed by atoms with E-state index in [9.17, 15) is 9.90 Å². The number of carbonyl (C=O) groups is 1. The van der Waals surface area contributed by atoms with E-state index in [1.807, 2.05) is 6.92 Å². The van der Waals surface area contributed by atoms with E-state index in [0.717, 1.165) is 11.1 Å². The van der Waals surface area contributed by atoms with Crippen molar-refractivity contribution in [1.29, 1.82) is 0 Å². The maximum atomic E-state index is 11.0. The Balaban J connectivity index is 3.25. The zero-order valence-electron chi connectivity index (χ0n) is 8.62. The smallest absolute Gasteiger partial charge is 0.310 e. The fourth-order valence-electron chi connectivity index (χ4n) is 1.59. The van der Waals surface area contributed by atoms with Crippen LogP contribution in [0.15, 0.2) is 16.6 Å². The number of aromatic hydroxyl groups is 1. The van der Waals surface area contributed by atoms with Crippen molar-refractivity contribution in [3.8, 4) is 5.75 Å². The first-order chi connectivity index (χ1) is 6.99. The fraction of sp³-hybridized carbons (Fsp3) is 0.364. The zero-order chi connectivity index (χ0) is 11.6. The predicted molar refractivity (Wildman–Crippen MR) is 61.2 cm³/mol. The molecule has 3 nitrogen and oxygen atoms in total. The van der Waals surface area contributed by atoms with Gasteiger partial charge in [0.2, 0.25) is 0 Å². The van der Waals surface area contributed by atoms with Crippen LogP contribution < -0.4 is 0 Å². The summed E-state index contributed by atoms with van der Waals surface area (Å²) in [6.45, 7) is 3.63. The minimum Gasteiger partial charge on any atom is -0.507 e. The SMILES string of the molecule is CCC(C(=O)O)c1ccc(O)c(Br)c1C. The lowest BCUT2D eigenvalue weighted by Gasteiger charge is -2.14. The van der Waals surface area contributed by atoms with E-state index in [2.05, 4.69) is 15.9 Å². The summed E-state index contributed by atoms with van der Waals surface area (Å²) in [5.41, 5.74) is 1.53. The van der Waals surface area contributed by atoms with Gasteiger partial charge in [-0.1, -0.05) is 13.0 Å². The third-order valence-corrected chi connectivity index (χ3v) is 3.49. The van der Waals surface area contributed by atoms with Crippen LogP contribution in [0.3, 0.4) is 0 Å². The van der Waals surface area contributed by atoms with Crippen molar-refractivity contribution in [2.45, 2.75) is 26.2 Å². The second kappa shape index (κ2) is 4.66. The molecule has 2 N–H and O–H groups in total. The Bertz CT molecular complexity index is 388. The number of aliphatic carboxylic acids is 1. The molecule has 0 aromatic heterocycles. The molecule has 1 atom stereocenters. The van der Waals surface area contributed by atoms with Crippen LogP contribution in [0.1, 0.15) is 30.4 Å². The van der Waals surface area contributed by atoms with E-state index in [-0.39, 0.29) is 5.75 Å². The van der Waals surface area contributed by atoms with E-state index < -0.39 is 11.9 Å². The highest BCUT2D eigenvalue weighted by atomic mass is 79.9. The summed E-state index contributed by atoms with van der Waals surface area (Å²) in [6.07, 6.45) is 0.535. The lowest BCUT2D eigenvalue weighted by molar-refractivity contribution is -0.138. The van der Waals surface area contributed by atoms with Crippen molar-refractivity contribution in [1.82, 2.24) is 0 Å². The van der Waals surface area contributed by atoms with Crippen LogP contribution in [0, 0.1) is 6.92 Å². The summed E-state index contributed by atoms with van der Waals surface area (Å²) in [4.78, 5) is 11.0. The Kier molecular flexibility index (Phi) is 3.74. The standard InChI is InChI=1S/C11H13BrO3/c1-3-7(11(14)15)8-4-5-9(13)10(12)6(8)2/h4-5,7,13H,3H2,1-2H3,(H,14,15). The Morgan fingerprint density at radius 2 is 2.13 bits per heavy atom. The molecule has 82 valence electrons. The highest BCUT2D eigenvalue weighted by Gasteiger charge is 2.21. The normalized spacial score (nSPS) is 12.5. The van der Waals surface area contributed by atoms with Gasteiger partial charge >= 0.3 is 5.97 Å². The van der Waals surface area contributed by atoms with Crippen LogP contribution in [0.4, 0.5) is 0 Å². The van der Waals surface area contributed by atoms with Crippen LogP contribution in [0.25, 0.3) is 0 Å². The first kappa shape index (κ1) is 12.0. The van der Waals surface area contributed by atoms with Gasteiger partial charge in [0.05, 0.1) is 10.4 Å². The number of phenolic OH excluding ortho intramolecular Hbond substituents is 1. The lowest BCUT2D eigenvalue weighted by Crippen LogP contribution is -2.11. The first-order valence-electron chi connectivity index (χ1n) is 4.69. The van der Waals surface area contributed by atoms with E-state index in [4.69, 9.17) is 5.11 Å². The molecule has 1 aromatic carbocycles. The van der Waals surface area contributed by atoms with Gasteiger partial charge in [-0.2, -0.15) is 0 Å². The third kappa shape index (κ3) is 2.31. The zero-order valence-corrected chi connectivity index (χ0v) is 10.2. The minimum absolute atomic E-state index is 0.136. The minimum atomic E-state index is -0.835. The first-order valence-corrected chi connectivity index (χ1v) is 5.49. The van der Waals surface area contributed by atoms with Crippen molar-refractivity contribution in [3.63, 3.8) is 0 Å². The van der Waals surface area contributed by atoms with Gasteiger partial charge in [0.1, 0.15) is 5.75 Å². The molecule has 1 rings (SSSR count). The molecule has 15 heavy (non-hydrogen) atoms. The average molecular weight is 273 g/mol. The molecule has 4 heteroatoms. The van der Waals surface area contributed by atoms with Gasteiger partial charge < -0.3 is 10.2 Å². The number of carboxylic acid groups (broad SMARTS) is 1. The molecule has 0 bridgehead atoms. The summed E-state index contributed by atoms with van der Waals surface area (Å²) >= 11 is 3.23. The third-order valence-electron chi connectivity index (χ3n) is 2.49. The summed E-state index contributed by atoms with van der Waals surface area (Å²) in [5, 5.41) is 18.5. The van der Waals surface area contributed by atoms with Crippen molar-refractivity contribution in [2.75, 3.05) is 0 Å². The average Bonchev–Trinajstić information content (AvgIpc) is 2.18. The van der Waals surface area contributed by atoms with Crippen LogP contribution >= 0.6 is 15.9 Å². The van der Waals surface area contributed by atoms with Gasteiger partial charge in [-0.3, -0.25) is 4.79 Å². The number of rotatable bonds is 3. The van der Waals surface area contributed by atoms with Crippen molar-refractivity contribution in [2.24, 2.45) is 0 Å². The molecule has 0 saturated carbocycles. The van der Waals surface area contributed by atoms with Gasteiger partial charge in [-0.05, 0) is 46.5 Å². The summed E-state index contributed by atoms with van der Waals surface area (Å²) in [7, 11) is 0. The predicted octanol–water partition coefficient (Wildman–Crippen LogP) is 3.04. The molecule has 0 fully saturated rings. The second-order valence-electron chi connectivity index (χ2n) is 3.41. The molecule has 0 amide bonds. The topological polar surface area (TPSA) is 57.5 Å². The molecule has 1 aromatic rings. The van der Waals surface area contributed by atoms with Crippen LogP contribution in [-0.2, 0) is 4.79 Å². The number of carboxylic acids is 1. The van der Waals surface area contributed by atoms with Crippen molar-refractivity contribution >= 4 is 21.9 Å². The molecular weight excluding hydrogens is 260 g/mol. The number of hydrogen-bond acceptors (Lipinski definition) is 2. The number of hydrogen-bond donors (Lipinski definition) is 2. The lowest BCUT2D eigenvalue weighted by atomic mass is 9.92. The highest BCUT2D eigenvalue weighted by Crippen LogP contribution is 2.34. The van der Waals surface area contributed by atoms with Gasteiger partial charge in [0, 0.05) is 0 Å². The van der Waals surface area contributed by atoms with Gasteiger partial charge in [-0.15, -0.1) is 0 Å². The van der Waals surface area contributed by atoms with Gasteiger partial charge in [-0.25, -0.2) is 0 Å². The van der Waals surface area contributed by atoms with E-state index in [1.54, 1.807) is 13.0 Å². The van der Waals surface area contributed by atoms with E-state index in [0.29, 0.717) is 10.9 Å². The summed E-state index contributed by atoms with van der Waals surface area (Å²) < 4.78 is 0.569. The summed E-state index contributed by atoms with van der Waals surface area (Å²) in [5.74, 6) is -1.21. The molecule has 1 unspecified atom stereocenters. The van der Waals surface area contributed by atoms with Crippen LogP contribution in [0.5, 0.6) is 5.75 Å². The van der Waals surface area contributed by atoms with Crippen LogP contribution in [-0.4, -0.2) is 16.2 Å². The Morgan fingerprint density at radius 1 is 1.53 bits per heavy atom. The Morgan fingerprint density at radius 3 is 2.60 bits per heavy atom. The monoisotopic (exact) mass is 272 g/mol. The molecule has 0 spiro atoms. The fourth-order valence-corrected chi connectivity index (χ4v) is 1.95. The maximum Gasteiger partial charge on any atom is 0.310 e. The van der Waals surface area contributed by atoms with Gasteiger partial charge in [0.25, 0.3) is 0 Å². The Hall–Kier alpha value is -1.03. The molecule has 0 aliphatic heterocycles. The van der Waals surface area contributed by atoms with Crippen molar-refractivity contribution in [3.05, 3.63) is 27.7 Å². The quantitative estimate of drug-likeness (QED) is 0.889. The second-order valence-corrected chi connectivity index (χ2v) is 4.20. The van der Waals surface area contributed by atoms with Gasteiger partial charge in [0.15, 0.2) is 0 Å². The molecule has 0 radical (unpaired) electrons. The molecular formula is C11H13BrO3. The molecule has 0 heterocycles. The Labute approximate surface area is 96.9 Å². The molecule has 0 aliphatic carbocycles. The van der Waals surface area contributed by atoms with Crippen molar-refractivity contribution < 1.29 is 15.0 Å². The number of phenols is 1. The largest absolute Gasteiger partial charge is 0.507 e. The molecule has 0 saturated heterocycles. The number of halogens is 1. The van der Waals surface area contributed by atoms with E-state index >= 15 is 0 Å². The maximum absolute atomic E-state index is 11.0. The highest BCUT2D eigenvalue weighted by molar-refractivity contribution is 9.10. The van der Waals surface area contributed by atoms with Crippen LogP contribution in [0.2, 0.25) is 0 Å².